The predicted octanol–water partition coefficient (Wildman–Crippen LogP) is -2.24. The van der Waals surface area contributed by atoms with Gasteiger partial charge in [0, 0.05) is 0 Å². The van der Waals surface area contributed by atoms with Crippen LogP contribution in [0, 0.1) is 0 Å². The van der Waals surface area contributed by atoms with Gasteiger partial charge in [0.05, 0.1) is 0 Å². The second kappa shape index (κ2) is 3.63. The third kappa shape index (κ3) is 1.57. The largest absolute Gasteiger partial charge is 0.387 e. The molecular weight excluding hydrogens is 171 g/mol. The Labute approximate surface area is 68.0 Å². The molecule has 0 aromatic carbocycles. The van der Waals surface area contributed by atoms with Crippen molar-refractivity contribution >= 4 is 0 Å². The minimum Gasteiger partial charge on any atom is -0.387 e. The number of hydrogen-bond acceptors (Lipinski definition) is 5. The molecule has 0 aliphatic carbocycles. The highest BCUT2D eigenvalue weighted by molar-refractivity contribution is 4.88. The van der Waals surface area contributed by atoms with Crippen molar-refractivity contribution in [3.05, 3.63) is 0 Å². The van der Waals surface area contributed by atoms with E-state index in [0.717, 1.165) is 0 Å². The fourth-order valence-corrected chi connectivity index (χ4v) is 1.06. The normalized spacial score (nSPS) is 49.2. The molecule has 5 nitrogen and oxygen atoms in total. The first kappa shape index (κ1) is 9.82. The van der Waals surface area contributed by atoms with E-state index >= 15 is 0 Å². The van der Waals surface area contributed by atoms with E-state index in [2.05, 4.69) is 4.74 Å². The van der Waals surface area contributed by atoms with Crippen molar-refractivity contribution < 1.29 is 29.6 Å². The molecule has 1 aliphatic rings. The summed E-state index contributed by atoms with van der Waals surface area (Å²) >= 11 is 0. The van der Waals surface area contributed by atoms with Crippen molar-refractivity contribution in [3.8, 4) is 0 Å². The number of hydrogen-bond donors (Lipinski definition) is 4. The summed E-state index contributed by atoms with van der Waals surface area (Å²) < 4.78 is 16.5. The average Bonchev–Trinajstić information content (AvgIpc) is 2.08. The molecule has 0 aromatic heterocycles. The molecule has 12 heavy (non-hydrogen) atoms. The Kier molecular flexibility index (Phi) is 2.97. The molecule has 5 atom stereocenters. The molecule has 0 spiro atoms. The van der Waals surface area contributed by atoms with Gasteiger partial charge in [-0.25, -0.2) is 4.39 Å². The van der Waals surface area contributed by atoms with Crippen LogP contribution in [0.2, 0.25) is 0 Å². The first-order valence-corrected chi connectivity index (χ1v) is 3.51. The van der Waals surface area contributed by atoms with Crippen molar-refractivity contribution in [1.29, 1.82) is 0 Å². The Morgan fingerprint density at radius 2 is 1.58 bits per heavy atom. The van der Waals surface area contributed by atoms with Gasteiger partial charge in [-0.1, -0.05) is 0 Å². The van der Waals surface area contributed by atoms with Crippen LogP contribution in [0.15, 0.2) is 0 Å². The van der Waals surface area contributed by atoms with Crippen molar-refractivity contribution in [2.24, 2.45) is 0 Å². The molecule has 1 fully saturated rings. The van der Waals surface area contributed by atoms with Gasteiger partial charge < -0.3 is 25.2 Å². The Balaban J connectivity index is 2.63. The van der Waals surface area contributed by atoms with Gasteiger partial charge in [0.15, 0.2) is 6.29 Å². The summed E-state index contributed by atoms with van der Waals surface area (Å²) in [6, 6.07) is 0. The van der Waals surface area contributed by atoms with Crippen LogP contribution < -0.4 is 0 Å². The summed E-state index contributed by atoms with van der Waals surface area (Å²) in [5.41, 5.74) is 0. The molecule has 0 unspecified atom stereocenters. The first-order valence-electron chi connectivity index (χ1n) is 3.51. The standard InChI is InChI=1S/C6H11FO5/c7-1-2-3(8)4(9)5(10)6(11)12-2/h2-6,8-11H,1H2/t2-,3+,4-,5+,6+/m0/s1. The topological polar surface area (TPSA) is 90.2 Å². The Morgan fingerprint density at radius 1 is 1.00 bits per heavy atom. The highest BCUT2D eigenvalue weighted by Crippen LogP contribution is 2.19. The van der Waals surface area contributed by atoms with Gasteiger partial charge in [-0.2, -0.15) is 0 Å². The lowest BCUT2D eigenvalue weighted by Crippen LogP contribution is -2.58. The number of aliphatic hydroxyl groups is 4. The minimum absolute atomic E-state index is 1.03. The van der Waals surface area contributed by atoms with Gasteiger partial charge in [0.2, 0.25) is 0 Å². The zero-order valence-electron chi connectivity index (χ0n) is 6.17. The Morgan fingerprint density at radius 3 is 2.08 bits per heavy atom. The van der Waals surface area contributed by atoms with E-state index in [1.165, 1.54) is 0 Å². The maximum absolute atomic E-state index is 12.0. The van der Waals surface area contributed by atoms with E-state index in [1.54, 1.807) is 0 Å². The number of aliphatic hydroxyl groups excluding tert-OH is 4. The van der Waals surface area contributed by atoms with Crippen molar-refractivity contribution in [2.45, 2.75) is 30.7 Å². The van der Waals surface area contributed by atoms with Crippen LogP contribution in [0.3, 0.4) is 0 Å². The number of ether oxygens (including phenoxy) is 1. The molecule has 0 radical (unpaired) electrons. The van der Waals surface area contributed by atoms with Crippen LogP contribution in [-0.2, 0) is 4.74 Å². The van der Waals surface area contributed by atoms with Crippen LogP contribution >= 0.6 is 0 Å². The van der Waals surface area contributed by atoms with Crippen molar-refractivity contribution in [1.82, 2.24) is 0 Å². The maximum atomic E-state index is 12.0. The fourth-order valence-electron chi connectivity index (χ4n) is 1.06. The maximum Gasteiger partial charge on any atom is 0.184 e. The monoisotopic (exact) mass is 182 g/mol. The van der Waals surface area contributed by atoms with Gasteiger partial charge in [0.25, 0.3) is 0 Å². The second-order valence-corrected chi connectivity index (χ2v) is 2.69. The summed E-state index contributed by atoms with van der Waals surface area (Å²) in [7, 11) is 0. The number of rotatable bonds is 1. The van der Waals surface area contributed by atoms with Crippen LogP contribution in [-0.4, -0.2) is 57.8 Å². The highest BCUT2D eigenvalue weighted by atomic mass is 19.1. The lowest BCUT2D eigenvalue weighted by Gasteiger charge is -2.37. The van der Waals surface area contributed by atoms with Crippen LogP contribution in [0.5, 0.6) is 0 Å². The summed E-state index contributed by atoms with van der Waals surface area (Å²) in [6.07, 6.45) is -7.60. The van der Waals surface area contributed by atoms with Crippen LogP contribution in [0.25, 0.3) is 0 Å². The zero-order chi connectivity index (χ0) is 9.30. The molecule has 0 bridgehead atoms. The zero-order valence-corrected chi connectivity index (χ0v) is 6.17. The molecule has 0 saturated carbocycles. The third-order valence-corrected chi connectivity index (χ3v) is 1.84. The summed E-state index contributed by atoms with van der Waals surface area (Å²) in [5, 5.41) is 35.8. The molecule has 0 amide bonds. The fraction of sp³-hybridized carbons (Fsp3) is 1.00. The van der Waals surface area contributed by atoms with E-state index in [4.69, 9.17) is 20.4 Å². The highest BCUT2D eigenvalue weighted by Gasteiger charge is 2.42. The van der Waals surface area contributed by atoms with Crippen LogP contribution in [0.4, 0.5) is 4.39 Å². The van der Waals surface area contributed by atoms with Crippen molar-refractivity contribution in [2.75, 3.05) is 6.67 Å². The van der Waals surface area contributed by atoms with Crippen molar-refractivity contribution in [3.63, 3.8) is 0 Å². The quantitative estimate of drug-likeness (QED) is 0.368. The van der Waals surface area contributed by atoms with Gasteiger partial charge in [-0.15, -0.1) is 0 Å². The molecule has 1 rings (SSSR count). The lowest BCUT2D eigenvalue weighted by molar-refractivity contribution is -0.283. The van der Waals surface area contributed by atoms with Gasteiger partial charge in [0.1, 0.15) is 31.1 Å². The molecule has 1 saturated heterocycles. The smallest absolute Gasteiger partial charge is 0.184 e. The molecule has 4 N–H and O–H groups in total. The lowest BCUT2D eigenvalue weighted by atomic mass is 10.00. The second-order valence-electron chi connectivity index (χ2n) is 2.69. The first-order chi connectivity index (χ1) is 5.57. The van der Waals surface area contributed by atoms with E-state index in [0.29, 0.717) is 0 Å². The summed E-state index contributed by atoms with van der Waals surface area (Å²) in [4.78, 5) is 0. The van der Waals surface area contributed by atoms with Crippen LogP contribution in [0.1, 0.15) is 0 Å². The predicted molar refractivity (Wildman–Crippen MR) is 34.9 cm³/mol. The van der Waals surface area contributed by atoms with Gasteiger partial charge >= 0.3 is 0 Å². The molecular formula is C6H11FO5. The molecule has 1 aliphatic heterocycles. The number of halogens is 1. The van der Waals surface area contributed by atoms with Gasteiger partial charge in [-0.05, 0) is 0 Å². The number of alkyl halides is 1. The minimum atomic E-state index is -1.65. The third-order valence-electron chi connectivity index (χ3n) is 1.84. The van der Waals surface area contributed by atoms with Gasteiger partial charge in [-0.3, -0.25) is 0 Å². The van der Waals surface area contributed by atoms with E-state index in [-0.39, 0.29) is 0 Å². The molecule has 0 aromatic rings. The van der Waals surface area contributed by atoms with E-state index < -0.39 is 37.4 Å². The van der Waals surface area contributed by atoms with E-state index in [1.807, 2.05) is 0 Å². The molecule has 72 valence electrons. The van der Waals surface area contributed by atoms with E-state index in [9.17, 15) is 4.39 Å². The molecule has 6 heteroatoms. The average molecular weight is 182 g/mol. The SMILES string of the molecule is O[C@@H]1[C@@H](O)[C@H](O)O[C@@H](CF)[C@H]1O. The Hall–Kier alpha value is -0.270. The summed E-state index contributed by atoms with van der Waals surface area (Å²) in [6.45, 7) is -1.03. The Bertz CT molecular complexity index is 150. The summed E-state index contributed by atoms with van der Waals surface area (Å²) in [5.74, 6) is 0. The molecule has 1 heterocycles.